The molecule has 0 aliphatic carbocycles. The molecule has 0 N–H and O–H groups in total. The smallest absolute Gasteiger partial charge is 0.184 e. The van der Waals surface area contributed by atoms with Crippen molar-refractivity contribution in [1.29, 1.82) is 5.26 Å². The van der Waals surface area contributed by atoms with Crippen LogP contribution in [0.5, 0.6) is 0 Å². The summed E-state index contributed by atoms with van der Waals surface area (Å²) < 4.78 is 0. The molecule has 0 saturated heterocycles. The zero-order chi connectivity index (χ0) is 9.80. The molecule has 0 saturated carbocycles. The zero-order valence-corrected chi connectivity index (χ0v) is 7.72. The first-order valence-electron chi connectivity index (χ1n) is 4.51. The van der Waals surface area contributed by atoms with E-state index in [2.05, 4.69) is 6.19 Å². The third-order valence-corrected chi connectivity index (χ3v) is 2.16. The molecule has 68 valence electrons. The van der Waals surface area contributed by atoms with Crippen molar-refractivity contribution < 1.29 is 0 Å². The van der Waals surface area contributed by atoms with E-state index in [0.717, 1.165) is 11.3 Å². The SMILES string of the molecule is N#CN1C/C=C\C=C/c2ccccc21. The minimum Gasteiger partial charge on any atom is -0.275 e. The van der Waals surface area contributed by atoms with Gasteiger partial charge in [-0.1, -0.05) is 42.5 Å². The van der Waals surface area contributed by atoms with Gasteiger partial charge in [0.2, 0.25) is 0 Å². The highest BCUT2D eigenvalue weighted by Crippen LogP contribution is 2.22. The van der Waals surface area contributed by atoms with Gasteiger partial charge in [0.25, 0.3) is 0 Å². The first-order valence-corrected chi connectivity index (χ1v) is 4.51. The van der Waals surface area contributed by atoms with Gasteiger partial charge in [-0.15, -0.1) is 0 Å². The molecule has 1 aliphatic heterocycles. The predicted octanol–water partition coefficient (Wildman–Crippen LogP) is 2.56. The van der Waals surface area contributed by atoms with E-state index in [9.17, 15) is 0 Å². The molecule has 2 nitrogen and oxygen atoms in total. The maximum atomic E-state index is 8.97. The molecule has 0 spiro atoms. The Hall–Kier alpha value is -2.01. The fourth-order valence-electron chi connectivity index (χ4n) is 1.47. The lowest BCUT2D eigenvalue weighted by Gasteiger charge is -2.16. The van der Waals surface area contributed by atoms with Crippen LogP contribution in [0.1, 0.15) is 5.56 Å². The molecule has 1 aromatic carbocycles. The van der Waals surface area contributed by atoms with Gasteiger partial charge in [-0.25, -0.2) is 0 Å². The summed E-state index contributed by atoms with van der Waals surface area (Å²) in [6, 6.07) is 7.89. The highest BCUT2D eigenvalue weighted by Gasteiger charge is 2.07. The van der Waals surface area contributed by atoms with E-state index < -0.39 is 0 Å². The van der Waals surface area contributed by atoms with Gasteiger partial charge in [0.1, 0.15) is 0 Å². The maximum absolute atomic E-state index is 8.97. The van der Waals surface area contributed by atoms with Crippen LogP contribution in [-0.2, 0) is 0 Å². The number of hydrogen-bond acceptors (Lipinski definition) is 2. The van der Waals surface area contributed by atoms with Crippen molar-refractivity contribution in [2.75, 3.05) is 11.4 Å². The minimum atomic E-state index is 0.637. The van der Waals surface area contributed by atoms with Crippen LogP contribution in [0.15, 0.2) is 42.5 Å². The van der Waals surface area contributed by atoms with Gasteiger partial charge in [0.05, 0.1) is 12.2 Å². The number of allylic oxidation sites excluding steroid dienone is 2. The number of rotatable bonds is 0. The van der Waals surface area contributed by atoms with E-state index in [1.54, 1.807) is 4.90 Å². The highest BCUT2D eigenvalue weighted by atomic mass is 15.1. The molecular formula is C12H10N2. The predicted molar refractivity (Wildman–Crippen MR) is 57.6 cm³/mol. The summed E-state index contributed by atoms with van der Waals surface area (Å²) in [6.07, 6.45) is 10.1. The fourth-order valence-corrected chi connectivity index (χ4v) is 1.47. The second-order valence-electron chi connectivity index (χ2n) is 3.06. The Morgan fingerprint density at radius 1 is 1.21 bits per heavy atom. The number of anilines is 1. The van der Waals surface area contributed by atoms with Crippen LogP contribution in [0.2, 0.25) is 0 Å². The standard InChI is InChI=1S/C12H10N2/c13-10-14-9-5-1-2-6-11-7-3-4-8-12(11)14/h1-8H,9H2/b5-1-,6-2-. The van der Waals surface area contributed by atoms with Crippen LogP contribution in [0, 0.1) is 11.5 Å². The fraction of sp³-hybridized carbons (Fsp3) is 0.0833. The summed E-state index contributed by atoms with van der Waals surface area (Å²) in [7, 11) is 0. The average Bonchev–Trinajstić information content (AvgIpc) is 2.20. The molecule has 0 aromatic heterocycles. The molecule has 0 fully saturated rings. The highest BCUT2D eigenvalue weighted by molar-refractivity contribution is 5.70. The Balaban J connectivity index is 2.52. The van der Waals surface area contributed by atoms with Gasteiger partial charge >= 0.3 is 0 Å². The third kappa shape index (κ3) is 1.53. The van der Waals surface area contributed by atoms with Crippen LogP contribution < -0.4 is 4.90 Å². The largest absolute Gasteiger partial charge is 0.275 e. The number of fused-ring (bicyclic) bond motifs is 1. The molecule has 0 radical (unpaired) electrons. The summed E-state index contributed by atoms with van der Waals surface area (Å²) in [6.45, 7) is 0.637. The zero-order valence-electron chi connectivity index (χ0n) is 7.72. The number of nitrogens with zero attached hydrogens (tertiary/aromatic N) is 2. The van der Waals surface area contributed by atoms with E-state index in [1.165, 1.54) is 0 Å². The Morgan fingerprint density at radius 2 is 2.07 bits per heavy atom. The molecule has 0 atom stereocenters. The first-order chi connectivity index (χ1) is 6.92. The first kappa shape index (κ1) is 8.58. The summed E-state index contributed by atoms with van der Waals surface area (Å²) in [5.74, 6) is 0. The molecule has 1 aliphatic rings. The second-order valence-corrected chi connectivity index (χ2v) is 3.06. The minimum absolute atomic E-state index is 0.637. The van der Waals surface area contributed by atoms with Crippen molar-refractivity contribution in [3.05, 3.63) is 48.1 Å². The second kappa shape index (κ2) is 3.80. The van der Waals surface area contributed by atoms with Crippen LogP contribution in [0.25, 0.3) is 6.08 Å². The summed E-state index contributed by atoms with van der Waals surface area (Å²) in [4.78, 5) is 1.68. The van der Waals surface area contributed by atoms with Crippen molar-refractivity contribution in [3.63, 3.8) is 0 Å². The third-order valence-electron chi connectivity index (χ3n) is 2.16. The molecule has 2 heteroatoms. The van der Waals surface area contributed by atoms with Gasteiger partial charge < -0.3 is 0 Å². The maximum Gasteiger partial charge on any atom is 0.184 e. The van der Waals surface area contributed by atoms with Crippen LogP contribution >= 0.6 is 0 Å². The van der Waals surface area contributed by atoms with Gasteiger partial charge in [0.15, 0.2) is 6.19 Å². The average molecular weight is 182 g/mol. The number of para-hydroxylation sites is 1. The number of benzene rings is 1. The van der Waals surface area contributed by atoms with E-state index >= 15 is 0 Å². The van der Waals surface area contributed by atoms with E-state index in [1.807, 2.05) is 48.6 Å². The summed E-state index contributed by atoms with van der Waals surface area (Å²) >= 11 is 0. The Bertz CT molecular complexity index is 424. The number of nitriles is 1. The molecule has 0 amide bonds. The van der Waals surface area contributed by atoms with Crippen LogP contribution in [0.3, 0.4) is 0 Å². The molecule has 0 unspecified atom stereocenters. The number of hydrogen-bond donors (Lipinski definition) is 0. The normalized spacial score (nSPS) is 18.6. The Kier molecular flexibility index (Phi) is 2.33. The van der Waals surface area contributed by atoms with E-state index in [4.69, 9.17) is 5.26 Å². The molecule has 1 aromatic rings. The van der Waals surface area contributed by atoms with Crippen molar-refractivity contribution in [2.24, 2.45) is 0 Å². The molecule has 14 heavy (non-hydrogen) atoms. The Morgan fingerprint density at radius 3 is 2.93 bits per heavy atom. The molecular weight excluding hydrogens is 172 g/mol. The van der Waals surface area contributed by atoms with Crippen molar-refractivity contribution >= 4 is 11.8 Å². The topological polar surface area (TPSA) is 27.0 Å². The van der Waals surface area contributed by atoms with Crippen LogP contribution in [-0.4, -0.2) is 6.54 Å². The summed E-state index contributed by atoms with van der Waals surface area (Å²) in [5, 5.41) is 8.97. The van der Waals surface area contributed by atoms with Gasteiger partial charge in [-0.05, 0) is 11.6 Å². The molecule has 1 heterocycles. The van der Waals surface area contributed by atoms with Crippen molar-refractivity contribution in [1.82, 2.24) is 0 Å². The van der Waals surface area contributed by atoms with Gasteiger partial charge in [-0.3, -0.25) is 4.90 Å². The lowest BCUT2D eigenvalue weighted by Crippen LogP contribution is -2.17. The van der Waals surface area contributed by atoms with E-state index in [-0.39, 0.29) is 0 Å². The van der Waals surface area contributed by atoms with Gasteiger partial charge in [0, 0.05) is 0 Å². The Labute approximate surface area is 83.4 Å². The molecule has 0 bridgehead atoms. The lowest BCUT2D eigenvalue weighted by molar-refractivity contribution is 1.09. The lowest BCUT2D eigenvalue weighted by atomic mass is 10.1. The van der Waals surface area contributed by atoms with Crippen LogP contribution in [0.4, 0.5) is 5.69 Å². The van der Waals surface area contributed by atoms with Crippen molar-refractivity contribution in [3.8, 4) is 6.19 Å². The van der Waals surface area contributed by atoms with E-state index in [0.29, 0.717) is 6.54 Å². The van der Waals surface area contributed by atoms with Gasteiger partial charge in [-0.2, -0.15) is 5.26 Å². The molecule has 2 rings (SSSR count). The van der Waals surface area contributed by atoms with Crippen molar-refractivity contribution in [2.45, 2.75) is 0 Å². The summed E-state index contributed by atoms with van der Waals surface area (Å²) in [5.41, 5.74) is 2.05. The quantitative estimate of drug-likeness (QED) is 0.576. The monoisotopic (exact) mass is 182 g/mol.